The Kier molecular flexibility index (Phi) is 9.97. The van der Waals surface area contributed by atoms with Gasteiger partial charge >= 0.3 is 23.9 Å². The van der Waals surface area contributed by atoms with Crippen LogP contribution in [-0.2, 0) is 47.7 Å². The summed E-state index contributed by atoms with van der Waals surface area (Å²) in [4.78, 5) is 72.8. The maximum Gasteiger partial charge on any atom is 0.303 e. The van der Waals surface area contributed by atoms with E-state index in [1.165, 1.54) is 11.8 Å². The molecule has 1 saturated heterocycles. The van der Waals surface area contributed by atoms with E-state index in [0.717, 1.165) is 43.8 Å². The highest BCUT2D eigenvalue weighted by Gasteiger charge is 2.53. The molecule has 6 atom stereocenters. The first-order chi connectivity index (χ1) is 22.0. The molecule has 0 radical (unpaired) electrons. The molecule has 3 heterocycles. The Morgan fingerprint density at radius 3 is 2.15 bits per heavy atom. The Balaban J connectivity index is 1.55. The van der Waals surface area contributed by atoms with Crippen molar-refractivity contribution < 1.29 is 47.7 Å². The van der Waals surface area contributed by atoms with Crippen LogP contribution in [0.4, 0.5) is 11.4 Å². The van der Waals surface area contributed by atoms with Crippen LogP contribution in [0.25, 0.3) is 0 Å². The van der Waals surface area contributed by atoms with Crippen LogP contribution >= 0.6 is 11.8 Å². The molecule has 14 heteroatoms. The van der Waals surface area contributed by atoms with Gasteiger partial charge in [-0.05, 0) is 29.8 Å². The second kappa shape index (κ2) is 14.1. The number of hydrogen-bond donors (Lipinski definition) is 0. The Hall–Kier alpha value is -4.82. The molecular weight excluding hydrogens is 618 g/mol. The monoisotopic (exact) mass is 649 g/mol. The molecule has 2 aromatic rings. The lowest BCUT2D eigenvalue weighted by Crippen LogP contribution is -2.61. The second-order valence-corrected chi connectivity index (χ2v) is 11.5. The predicted octanol–water partition coefficient (Wildman–Crippen LogP) is 3.59. The van der Waals surface area contributed by atoms with E-state index in [9.17, 15) is 24.0 Å². The third-order valence-electron chi connectivity index (χ3n) is 7.02. The van der Waals surface area contributed by atoms with Crippen LogP contribution < -0.4 is 4.90 Å². The van der Waals surface area contributed by atoms with E-state index in [1.807, 2.05) is 24.3 Å². The van der Waals surface area contributed by atoms with Crippen molar-refractivity contribution in [3.05, 3.63) is 71.9 Å². The summed E-state index contributed by atoms with van der Waals surface area (Å²) in [6.07, 6.45) is -1.70. The van der Waals surface area contributed by atoms with Gasteiger partial charge in [-0.25, -0.2) is 4.99 Å². The molecule has 0 bridgehead atoms. The Morgan fingerprint density at radius 1 is 0.848 bits per heavy atom. The molecule has 3 aliphatic rings. The first-order valence-electron chi connectivity index (χ1n) is 14.3. The molecule has 1 fully saturated rings. The molecule has 3 aliphatic heterocycles. The predicted molar refractivity (Wildman–Crippen MR) is 166 cm³/mol. The average molecular weight is 650 g/mol. The summed E-state index contributed by atoms with van der Waals surface area (Å²) in [6, 6.07) is 16.4. The Morgan fingerprint density at radius 2 is 1.48 bits per heavy atom. The number of ether oxygens (including phenoxy) is 5. The van der Waals surface area contributed by atoms with Gasteiger partial charge in [-0.3, -0.25) is 33.9 Å². The molecular formula is C32H31N3O10S. The van der Waals surface area contributed by atoms with Gasteiger partial charge in [-0.2, -0.15) is 0 Å². The zero-order valence-electron chi connectivity index (χ0n) is 25.4. The molecule has 13 nitrogen and oxygen atoms in total. The molecule has 2 aromatic carbocycles. The van der Waals surface area contributed by atoms with Crippen LogP contribution in [0.15, 0.2) is 76.4 Å². The number of carbonyl (C=O) groups excluding carboxylic acids is 5. The number of carbonyl (C=O) groups is 5. The van der Waals surface area contributed by atoms with Crippen molar-refractivity contribution in [1.82, 2.24) is 0 Å². The largest absolute Gasteiger partial charge is 0.463 e. The maximum absolute atomic E-state index is 13.9. The first kappa shape index (κ1) is 32.6. The minimum atomic E-state index is -1.36. The van der Waals surface area contributed by atoms with Crippen LogP contribution in [0.5, 0.6) is 0 Å². The minimum Gasteiger partial charge on any atom is -0.463 e. The third kappa shape index (κ3) is 7.35. The zero-order chi connectivity index (χ0) is 33.0. The topological polar surface area (TPSA) is 159 Å². The summed E-state index contributed by atoms with van der Waals surface area (Å²) in [5.74, 6) is -3.57. The van der Waals surface area contributed by atoms with Crippen LogP contribution in [-0.4, -0.2) is 77.6 Å². The molecule has 1 unspecified atom stereocenters. The normalized spacial score (nSPS) is 25.9. The van der Waals surface area contributed by atoms with Crippen molar-refractivity contribution in [2.75, 3.05) is 11.5 Å². The number of esters is 4. The summed E-state index contributed by atoms with van der Waals surface area (Å²) < 4.78 is 28.0. The van der Waals surface area contributed by atoms with Crippen LogP contribution in [0.2, 0.25) is 0 Å². The van der Waals surface area contributed by atoms with Crippen molar-refractivity contribution in [1.29, 1.82) is 0 Å². The number of nitrogens with zero attached hydrogens (tertiary/aromatic N) is 3. The van der Waals surface area contributed by atoms with E-state index in [4.69, 9.17) is 23.7 Å². The summed E-state index contributed by atoms with van der Waals surface area (Å²) in [7, 11) is 0. The molecule has 0 aliphatic carbocycles. The number of benzene rings is 2. The number of rotatable bonds is 8. The highest BCUT2D eigenvalue weighted by atomic mass is 32.2. The number of para-hydroxylation sites is 2. The van der Waals surface area contributed by atoms with Crippen molar-refractivity contribution in [2.45, 2.75) is 63.5 Å². The Bertz CT molecular complexity index is 1620. The quantitative estimate of drug-likeness (QED) is 0.234. The maximum atomic E-state index is 13.9. The number of aliphatic imine (C=N–C) groups is 2. The van der Waals surface area contributed by atoms with Gasteiger partial charge in [0.05, 0.1) is 11.4 Å². The van der Waals surface area contributed by atoms with Gasteiger partial charge in [0.2, 0.25) is 0 Å². The average Bonchev–Trinajstić information content (AvgIpc) is 3.55. The fraction of sp³-hybridized carbons (Fsp3) is 0.344. The van der Waals surface area contributed by atoms with Crippen LogP contribution in [0.3, 0.4) is 0 Å². The third-order valence-corrected chi connectivity index (χ3v) is 8.12. The minimum absolute atomic E-state index is 0.144. The molecule has 0 spiro atoms. The fourth-order valence-corrected chi connectivity index (χ4v) is 6.41. The second-order valence-electron chi connectivity index (χ2n) is 10.5. The molecule has 0 N–H and O–H groups in total. The van der Waals surface area contributed by atoms with Gasteiger partial charge in [0, 0.05) is 39.8 Å². The molecule has 1 amide bonds. The summed E-state index contributed by atoms with van der Waals surface area (Å²) in [5.41, 5.74) is 1.20. The van der Waals surface area contributed by atoms with E-state index in [1.54, 1.807) is 42.6 Å². The number of fused-ring (bicyclic) bond motifs is 1. The van der Waals surface area contributed by atoms with Gasteiger partial charge in [0.15, 0.2) is 28.9 Å². The SMILES string of the molecule is CC(=O)OC[C@H]1O[C@@H](SC2=N/C(=C/C3C=Nc4ccccc43)C(=O)N2c2ccccc2)[C@H](OC(C)=O)[C@@H](OC(C)=O)[C@@H]1OC(C)=O. The highest BCUT2D eigenvalue weighted by molar-refractivity contribution is 8.14. The Labute approximate surface area is 268 Å². The molecule has 46 heavy (non-hydrogen) atoms. The van der Waals surface area contributed by atoms with E-state index < -0.39 is 59.6 Å². The number of anilines is 1. The lowest BCUT2D eigenvalue weighted by molar-refractivity contribution is -0.237. The summed E-state index contributed by atoms with van der Waals surface area (Å²) >= 11 is 0.931. The van der Waals surface area contributed by atoms with Crippen LogP contribution in [0.1, 0.15) is 39.2 Å². The van der Waals surface area contributed by atoms with Gasteiger partial charge in [-0.1, -0.05) is 48.2 Å². The van der Waals surface area contributed by atoms with Crippen LogP contribution in [0, 0.1) is 0 Å². The number of amidine groups is 1. The highest BCUT2D eigenvalue weighted by Crippen LogP contribution is 2.40. The summed E-state index contributed by atoms with van der Waals surface area (Å²) in [5, 5.41) is 0.173. The van der Waals surface area contributed by atoms with Gasteiger partial charge in [0.25, 0.3) is 5.91 Å². The standard InChI is InChI=1S/C32H31N3O10S/c1-17(36)41-16-26-27(42-18(2)37)28(43-19(3)38)29(44-20(4)39)31(45-26)46-32-34-25(30(40)35(32)22-10-6-5-7-11-22)14-21-15-33-24-13-9-8-12-23(21)24/h5-15,21,26-29,31H,16H2,1-4H3/b25-14+/t21?,26-,27-,28+,29-,31+/m1/s1. The van der Waals surface area contributed by atoms with Crippen molar-refractivity contribution >= 4 is 64.3 Å². The van der Waals surface area contributed by atoms with Gasteiger partial charge < -0.3 is 23.7 Å². The molecule has 0 aromatic heterocycles. The van der Waals surface area contributed by atoms with E-state index in [0.29, 0.717) is 5.69 Å². The smallest absolute Gasteiger partial charge is 0.303 e. The number of amides is 1. The summed E-state index contributed by atoms with van der Waals surface area (Å²) in [6.45, 7) is 4.26. The fourth-order valence-electron chi connectivity index (χ4n) is 5.21. The number of hydrogen-bond acceptors (Lipinski definition) is 13. The van der Waals surface area contributed by atoms with Crippen molar-refractivity contribution in [2.24, 2.45) is 9.98 Å². The van der Waals surface area contributed by atoms with E-state index in [2.05, 4.69) is 9.98 Å². The molecule has 240 valence electrons. The molecule has 5 rings (SSSR count). The lowest BCUT2D eigenvalue weighted by Gasteiger charge is -2.44. The zero-order valence-corrected chi connectivity index (χ0v) is 26.2. The van der Waals surface area contributed by atoms with E-state index >= 15 is 0 Å². The number of thioether (sulfide) groups is 1. The number of allylic oxidation sites excluding steroid dienone is 1. The first-order valence-corrected chi connectivity index (χ1v) is 15.2. The van der Waals surface area contributed by atoms with Crippen molar-refractivity contribution in [3.8, 4) is 0 Å². The van der Waals surface area contributed by atoms with E-state index in [-0.39, 0.29) is 23.4 Å². The van der Waals surface area contributed by atoms with Gasteiger partial charge in [0.1, 0.15) is 18.4 Å². The lowest BCUT2D eigenvalue weighted by atomic mass is 9.99. The van der Waals surface area contributed by atoms with Gasteiger partial charge in [-0.15, -0.1) is 0 Å². The van der Waals surface area contributed by atoms with Crippen molar-refractivity contribution in [3.63, 3.8) is 0 Å². The molecule has 0 saturated carbocycles.